The van der Waals surface area contributed by atoms with Crippen molar-refractivity contribution in [3.8, 4) is 11.5 Å². The van der Waals surface area contributed by atoms with Crippen LogP contribution in [0.25, 0.3) is 6.08 Å². The third-order valence-electron chi connectivity index (χ3n) is 4.46. The lowest BCUT2D eigenvalue weighted by Gasteiger charge is -2.27. The minimum Gasteiger partial charge on any atom is -0.489 e. The SMILES string of the molecule is O=C(/C=C/c1cc(Cl)c2c(c1)OCCCO2)N1CCCc2ncccc21. The van der Waals surface area contributed by atoms with Crippen LogP contribution in [0.15, 0.2) is 36.5 Å². The Morgan fingerprint density at radius 3 is 3.04 bits per heavy atom. The van der Waals surface area contributed by atoms with Gasteiger partial charge in [0.2, 0.25) is 0 Å². The Morgan fingerprint density at radius 1 is 1.23 bits per heavy atom. The van der Waals surface area contributed by atoms with Gasteiger partial charge in [0.1, 0.15) is 0 Å². The predicted molar refractivity (Wildman–Crippen MR) is 101 cm³/mol. The molecule has 4 rings (SSSR count). The number of ether oxygens (including phenoxy) is 2. The molecule has 0 saturated heterocycles. The Kier molecular flexibility index (Phi) is 4.80. The van der Waals surface area contributed by atoms with Gasteiger partial charge in [-0.2, -0.15) is 0 Å². The number of fused-ring (bicyclic) bond motifs is 2. The van der Waals surface area contributed by atoms with Crippen molar-refractivity contribution in [2.75, 3.05) is 24.7 Å². The standard InChI is InChI=1S/C20H19ClN2O3/c21-15-12-14(13-18-20(15)26-11-3-10-25-18)6-7-19(24)23-9-2-4-16-17(23)5-1-8-22-16/h1,5-8,12-13H,2-4,9-11H2/b7-6+. The first-order valence-electron chi connectivity index (χ1n) is 8.75. The number of rotatable bonds is 2. The van der Waals surface area contributed by atoms with E-state index >= 15 is 0 Å². The number of anilines is 1. The number of carbonyl (C=O) groups excluding carboxylic acids is 1. The summed E-state index contributed by atoms with van der Waals surface area (Å²) >= 11 is 6.31. The van der Waals surface area contributed by atoms with Crippen LogP contribution >= 0.6 is 11.6 Å². The minimum absolute atomic E-state index is 0.0674. The van der Waals surface area contributed by atoms with Gasteiger partial charge in [-0.1, -0.05) is 11.6 Å². The van der Waals surface area contributed by atoms with Gasteiger partial charge in [0, 0.05) is 25.2 Å². The van der Waals surface area contributed by atoms with Gasteiger partial charge in [-0.15, -0.1) is 0 Å². The molecule has 0 atom stereocenters. The van der Waals surface area contributed by atoms with Crippen LogP contribution in [0.4, 0.5) is 5.69 Å². The first-order chi connectivity index (χ1) is 12.7. The summed E-state index contributed by atoms with van der Waals surface area (Å²) in [6, 6.07) is 7.43. The fraction of sp³-hybridized carbons (Fsp3) is 0.300. The van der Waals surface area contributed by atoms with Gasteiger partial charge >= 0.3 is 0 Å². The molecule has 3 heterocycles. The van der Waals surface area contributed by atoms with E-state index in [-0.39, 0.29) is 5.91 Å². The maximum absolute atomic E-state index is 12.7. The maximum Gasteiger partial charge on any atom is 0.251 e. The lowest BCUT2D eigenvalue weighted by molar-refractivity contribution is -0.114. The normalized spacial score (nSPS) is 16.3. The van der Waals surface area contributed by atoms with Crippen molar-refractivity contribution < 1.29 is 14.3 Å². The number of hydrogen-bond acceptors (Lipinski definition) is 4. The predicted octanol–water partition coefficient (Wildman–Crippen LogP) is 3.89. The smallest absolute Gasteiger partial charge is 0.251 e. The molecule has 1 amide bonds. The first-order valence-corrected chi connectivity index (χ1v) is 9.13. The summed E-state index contributed by atoms with van der Waals surface area (Å²) in [5.74, 6) is 1.13. The van der Waals surface area contributed by atoms with Crippen molar-refractivity contribution in [3.63, 3.8) is 0 Å². The van der Waals surface area contributed by atoms with Crippen LogP contribution in [0, 0.1) is 0 Å². The second-order valence-electron chi connectivity index (χ2n) is 6.28. The van der Waals surface area contributed by atoms with Crippen molar-refractivity contribution in [1.29, 1.82) is 0 Å². The molecule has 0 N–H and O–H groups in total. The summed E-state index contributed by atoms with van der Waals surface area (Å²) in [4.78, 5) is 18.8. The number of hydrogen-bond donors (Lipinski definition) is 0. The van der Waals surface area contributed by atoms with Gasteiger partial charge in [-0.05, 0) is 48.7 Å². The van der Waals surface area contributed by atoms with Gasteiger partial charge in [0.15, 0.2) is 11.5 Å². The highest BCUT2D eigenvalue weighted by Crippen LogP contribution is 2.38. The fourth-order valence-electron chi connectivity index (χ4n) is 3.23. The topological polar surface area (TPSA) is 51.7 Å². The monoisotopic (exact) mass is 370 g/mol. The van der Waals surface area contributed by atoms with Crippen LogP contribution in [-0.2, 0) is 11.2 Å². The van der Waals surface area contributed by atoms with Gasteiger partial charge in [0.05, 0.1) is 29.6 Å². The van der Waals surface area contributed by atoms with Gasteiger partial charge in [-0.3, -0.25) is 9.78 Å². The van der Waals surface area contributed by atoms with E-state index in [1.54, 1.807) is 29.3 Å². The molecule has 0 aliphatic carbocycles. The van der Waals surface area contributed by atoms with Crippen molar-refractivity contribution in [2.24, 2.45) is 0 Å². The molecule has 2 aromatic rings. The highest BCUT2D eigenvalue weighted by molar-refractivity contribution is 6.32. The van der Waals surface area contributed by atoms with Crippen LogP contribution in [0.5, 0.6) is 11.5 Å². The molecule has 0 radical (unpaired) electrons. The third kappa shape index (κ3) is 3.40. The Morgan fingerprint density at radius 2 is 2.12 bits per heavy atom. The summed E-state index contributed by atoms with van der Waals surface area (Å²) in [6.07, 6.45) is 7.73. The van der Waals surface area contributed by atoms with E-state index in [9.17, 15) is 4.79 Å². The molecule has 134 valence electrons. The quantitative estimate of drug-likeness (QED) is 0.752. The fourth-order valence-corrected chi connectivity index (χ4v) is 3.50. The number of aromatic nitrogens is 1. The van der Waals surface area contributed by atoms with E-state index < -0.39 is 0 Å². The Labute approximate surface area is 157 Å². The second kappa shape index (κ2) is 7.38. The number of halogens is 1. The Bertz CT molecular complexity index is 866. The van der Waals surface area contributed by atoms with E-state index in [0.29, 0.717) is 36.3 Å². The largest absolute Gasteiger partial charge is 0.489 e. The van der Waals surface area contributed by atoms with Crippen LogP contribution in [0.2, 0.25) is 5.02 Å². The molecule has 0 saturated carbocycles. The molecule has 1 aromatic heterocycles. The number of nitrogens with zero attached hydrogens (tertiary/aromatic N) is 2. The van der Waals surface area contributed by atoms with Crippen LogP contribution < -0.4 is 14.4 Å². The molecule has 0 unspecified atom stereocenters. The van der Waals surface area contributed by atoms with Gasteiger partial charge < -0.3 is 14.4 Å². The molecular weight excluding hydrogens is 352 g/mol. The molecule has 6 heteroatoms. The number of aryl methyl sites for hydroxylation is 1. The first kappa shape index (κ1) is 16.9. The Hall–Kier alpha value is -2.53. The number of benzene rings is 1. The Balaban J connectivity index is 1.56. The summed E-state index contributed by atoms with van der Waals surface area (Å²) in [5, 5.41) is 0.490. The number of amides is 1. The molecule has 2 aliphatic rings. The summed E-state index contributed by atoms with van der Waals surface area (Å²) in [5.41, 5.74) is 2.67. The minimum atomic E-state index is -0.0674. The van der Waals surface area contributed by atoms with Crippen LogP contribution in [0.3, 0.4) is 0 Å². The molecule has 5 nitrogen and oxygen atoms in total. The zero-order valence-corrected chi connectivity index (χ0v) is 15.0. The maximum atomic E-state index is 12.7. The molecule has 0 spiro atoms. The average Bonchev–Trinajstić information content (AvgIpc) is 2.91. The van der Waals surface area contributed by atoms with E-state index in [2.05, 4.69) is 4.98 Å². The second-order valence-corrected chi connectivity index (χ2v) is 6.68. The van der Waals surface area contributed by atoms with Crippen molar-refractivity contribution in [3.05, 3.63) is 52.8 Å². The van der Waals surface area contributed by atoms with Crippen molar-refractivity contribution in [2.45, 2.75) is 19.3 Å². The third-order valence-corrected chi connectivity index (χ3v) is 4.74. The highest BCUT2D eigenvalue weighted by atomic mass is 35.5. The van der Waals surface area contributed by atoms with Crippen molar-refractivity contribution in [1.82, 2.24) is 4.98 Å². The van der Waals surface area contributed by atoms with Crippen LogP contribution in [-0.4, -0.2) is 30.6 Å². The zero-order chi connectivity index (χ0) is 17.9. The van der Waals surface area contributed by atoms with Gasteiger partial charge in [-0.25, -0.2) is 0 Å². The highest BCUT2D eigenvalue weighted by Gasteiger charge is 2.21. The van der Waals surface area contributed by atoms with E-state index in [0.717, 1.165) is 36.2 Å². The molecule has 26 heavy (non-hydrogen) atoms. The van der Waals surface area contributed by atoms with Crippen LogP contribution in [0.1, 0.15) is 24.1 Å². The molecule has 2 aliphatic heterocycles. The van der Waals surface area contributed by atoms with E-state index in [1.807, 2.05) is 18.2 Å². The zero-order valence-electron chi connectivity index (χ0n) is 14.3. The summed E-state index contributed by atoms with van der Waals surface area (Å²) in [6.45, 7) is 1.87. The molecule has 1 aromatic carbocycles. The molecule has 0 fully saturated rings. The summed E-state index contributed by atoms with van der Waals surface area (Å²) < 4.78 is 11.3. The average molecular weight is 371 g/mol. The lowest BCUT2D eigenvalue weighted by atomic mass is 10.1. The number of pyridine rings is 1. The van der Waals surface area contributed by atoms with E-state index in [4.69, 9.17) is 21.1 Å². The lowest BCUT2D eigenvalue weighted by Crippen LogP contribution is -2.34. The van der Waals surface area contributed by atoms with Gasteiger partial charge in [0.25, 0.3) is 5.91 Å². The molecular formula is C20H19ClN2O3. The molecule has 0 bridgehead atoms. The van der Waals surface area contributed by atoms with Crippen molar-refractivity contribution >= 4 is 29.3 Å². The number of carbonyl (C=O) groups is 1. The summed E-state index contributed by atoms with van der Waals surface area (Å²) in [7, 11) is 0. The van der Waals surface area contributed by atoms with E-state index in [1.165, 1.54) is 0 Å².